The zero-order valence-corrected chi connectivity index (χ0v) is 17.4. The van der Waals surface area contributed by atoms with E-state index in [0.29, 0.717) is 34.2 Å². The molecule has 31 heavy (non-hydrogen) atoms. The van der Waals surface area contributed by atoms with Crippen molar-refractivity contribution in [3.05, 3.63) is 82.0 Å². The van der Waals surface area contributed by atoms with Crippen LogP contribution in [-0.4, -0.2) is 30.9 Å². The van der Waals surface area contributed by atoms with Crippen molar-refractivity contribution >= 4 is 34.3 Å². The van der Waals surface area contributed by atoms with Crippen LogP contribution < -0.4 is 16.2 Å². The minimum absolute atomic E-state index is 0.214. The van der Waals surface area contributed by atoms with E-state index in [9.17, 15) is 4.79 Å². The first kappa shape index (κ1) is 19.5. The van der Waals surface area contributed by atoms with E-state index in [1.807, 2.05) is 6.07 Å². The van der Waals surface area contributed by atoms with Gasteiger partial charge in [0.2, 0.25) is 5.95 Å². The van der Waals surface area contributed by atoms with Crippen molar-refractivity contribution in [3.63, 3.8) is 0 Å². The molecule has 0 unspecified atom stereocenters. The summed E-state index contributed by atoms with van der Waals surface area (Å²) in [5.41, 5.74) is 4.35. The van der Waals surface area contributed by atoms with Gasteiger partial charge in [0, 0.05) is 30.8 Å². The molecule has 8 nitrogen and oxygen atoms in total. The summed E-state index contributed by atoms with van der Waals surface area (Å²) in [5.74, 6) is 0.394. The number of allylic oxidation sites excluding steroid dienone is 1. The van der Waals surface area contributed by atoms with Gasteiger partial charge in [-0.1, -0.05) is 23.7 Å². The van der Waals surface area contributed by atoms with Gasteiger partial charge in [-0.3, -0.25) is 9.78 Å². The molecule has 5 rings (SSSR count). The topological polar surface area (TPSA) is 89.7 Å². The lowest BCUT2D eigenvalue weighted by atomic mass is 10.0. The van der Waals surface area contributed by atoms with Crippen molar-refractivity contribution in [3.8, 4) is 5.69 Å². The number of benzene rings is 1. The van der Waals surface area contributed by atoms with E-state index in [4.69, 9.17) is 11.6 Å². The third-order valence-electron chi connectivity index (χ3n) is 5.31. The molecule has 0 aliphatic carbocycles. The van der Waals surface area contributed by atoms with Crippen LogP contribution in [0.3, 0.4) is 0 Å². The van der Waals surface area contributed by atoms with Crippen molar-refractivity contribution in [1.82, 2.24) is 29.6 Å². The number of nitrogens with zero attached hydrogens (tertiary/aromatic N) is 5. The molecule has 2 N–H and O–H groups in total. The Morgan fingerprint density at radius 3 is 3.00 bits per heavy atom. The summed E-state index contributed by atoms with van der Waals surface area (Å²) in [5, 5.41) is 7.45. The van der Waals surface area contributed by atoms with Crippen molar-refractivity contribution in [2.45, 2.75) is 19.5 Å². The van der Waals surface area contributed by atoms with E-state index >= 15 is 0 Å². The van der Waals surface area contributed by atoms with Crippen LogP contribution in [0.25, 0.3) is 16.7 Å². The lowest BCUT2D eigenvalue weighted by molar-refractivity contribution is 0.605. The maximum Gasteiger partial charge on any atom is 0.278 e. The van der Waals surface area contributed by atoms with Gasteiger partial charge in [0.25, 0.3) is 5.56 Å². The second-order valence-electron chi connectivity index (χ2n) is 7.28. The Labute approximate surface area is 183 Å². The Hall–Kier alpha value is -3.49. The van der Waals surface area contributed by atoms with E-state index in [2.05, 4.69) is 44.3 Å². The monoisotopic (exact) mass is 433 g/mol. The predicted molar refractivity (Wildman–Crippen MR) is 121 cm³/mol. The molecule has 0 atom stereocenters. The second-order valence-corrected chi connectivity index (χ2v) is 7.69. The van der Waals surface area contributed by atoms with Gasteiger partial charge in [-0.05, 0) is 42.3 Å². The van der Waals surface area contributed by atoms with Gasteiger partial charge in [-0.15, -0.1) is 6.58 Å². The number of hydrogen-bond acceptors (Lipinski definition) is 6. The highest BCUT2D eigenvalue weighted by molar-refractivity contribution is 6.32. The molecule has 3 aromatic heterocycles. The summed E-state index contributed by atoms with van der Waals surface area (Å²) in [6, 6.07) is 7.99. The fourth-order valence-electron chi connectivity index (χ4n) is 3.85. The number of rotatable bonds is 5. The van der Waals surface area contributed by atoms with Gasteiger partial charge < -0.3 is 10.6 Å². The van der Waals surface area contributed by atoms with Crippen LogP contribution >= 0.6 is 11.6 Å². The normalized spacial score (nSPS) is 13.2. The number of pyridine rings is 1. The SMILES string of the molecule is C=CCn1c(=O)c2cnc(Nc3ccc4c(c3)CNCC4)nc2n1-c1ccncc1Cl. The summed E-state index contributed by atoms with van der Waals surface area (Å²) < 4.78 is 3.22. The van der Waals surface area contributed by atoms with E-state index in [1.54, 1.807) is 23.0 Å². The van der Waals surface area contributed by atoms with Crippen LogP contribution in [0.2, 0.25) is 5.02 Å². The van der Waals surface area contributed by atoms with Gasteiger partial charge in [0.1, 0.15) is 5.39 Å². The number of fused-ring (bicyclic) bond motifs is 2. The quantitative estimate of drug-likeness (QED) is 0.470. The van der Waals surface area contributed by atoms with Gasteiger partial charge in [-0.2, -0.15) is 4.98 Å². The molecule has 0 bridgehead atoms. The van der Waals surface area contributed by atoms with Crippen LogP contribution in [0.15, 0.2) is 60.3 Å². The largest absolute Gasteiger partial charge is 0.324 e. The van der Waals surface area contributed by atoms with Crippen molar-refractivity contribution < 1.29 is 0 Å². The van der Waals surface area contributed by atoms with Crippen LogP contribution in [-0.2, 0) is 19.5 Å². The standard InChI is InChI=1S/C22H20ClN7O/c1-2-9-29-21(31)17-12-26-22(27-16-4-3-14-5-7-24-11-15(14)10-16)28-20(17)30(29)19-6-8-25-13-18(19)23/h2-4,6,8,10,12-13,24H,1,5,7,9,11H2,(H,26,27,28). The summed E-state index contributed by atoms with van der Waals surface area (Å²) >= 11 is 6.39. The van der Waals surface area contributed by atoms with E-state index in [-0.39, 0.29) is 5.56 Å². The fourth-order valence-corrected chi connectivity index (χ4v) is 4.05. The van der Waals surface area contributed by atoms with Gasteiger partial charge in [0.05, 0.1) is 17.3 Å². The zero-order chi connectivity index (χ0) is 21.4. The highest BCUT2D eigenvalue weighted by Crippen LogP contribution is 2.24. The molecule has 156 valence electrons. The molecule has 9 heteroatoms. The van der Waals surface area contributed by atoms with E-state index in [0.717, 1.165) is 25.2 Å². The van der Waals surface area contributed by atoms with Crippen LogP contribution in [0.1, 0.15) is 11.1 Å². The zero-order valence-electron chi connectivity index (χ0n) is 16.7. The fraction of sp³-hybridized carbons (Fsp3) is 0.182. The Balaban J connectivity index is 1.62. The molecule has 0 amide bonds. The van der Waals surface area contributed by atoms with Gasteiger partial charge in [0.15, 0.2) is 5.65 Å². The van der Waals surface area contributed by atoms with Gasteiger partial charge >= 0.3 is 0 Å². The highest BCUT2D eigenvalue weighted by atomic mass is 35.5. The molecule has 0 radical (unpaired) electrons. The Kier molecular flexibility index (Phi) is 5.01. The van der Waals surface area contributed by atoms with Crippen LogP contribution in [0.4, 0.5) is 11.6 Å². The summed E-state index contributed by atoms with van der Waals surface area (Å²) in [7, 11) is 0. The molecule has 4 heterocycles. The lowest BCUT2D eigenvalue weighted by Gasteiger charge is -2.18. The first-order valence-corrected chi connectivity index (χ1v) is 10.3. The first-order valence-electron chi connectivity index (χ1n) is 9.94. The van der Waals surface area contributed by atoms with Crippen molar-refractivity contribution in [2.24, 2.45) is 0 Å². The smallest absolute Gasteiger partial charge is 0.278 e. The molecule has 1 aliphatic rings. The minimum atomic E-state index is -0.214. The van der Waals surface area contributed by atoms with Crippen LogP contribution in [0, 0.1) is 0 Å². The minimum Gasteiger partial charge on any atom is -0.324 e. The van der Waals surface area contributed by atoms with Crippen LogP contribution in [0.5, 0.6) is 0 Å². The first-order chi connectivity index (χ1) is 15.2. The molecule has 1 aliphatic heterocycles. The number of nitrogens with one attached hydrogen (secondary N) is 2. The lowest BCUT2D eigenvalue weighted by Crippen LogP contribution is -2.23. The summed E-state index contributed by atoms with van der Waals surface area (Å²) in [4.78, 5) is 26.0. The molecular formula is C22H20ClN7O. The summed E-state index contributed by atoms with van der Waals surface area (Å²) in [6.45, 7) is 5.90. The molecule has 0 fully saturated rings. The van der Waals surface area contributed by atoms with Crippen molar-refractivity contribution in [1.29, 1.82) is 0 Å². The number of halogens is 1. The Morgan fingerprint density at radius 2 is 2.16 bits per heavy atom. The second kappa shape index (κ2) is 7.98. The molecule has 4 aromatic rings. The molecule has 0 spiro atoms. The third kappa shape index (κ3) is 3.49. The average Bonchev–Trinajstić information content (AvgIpc) is 3.05. The Morgan fingerprint density at radius 1 is 1.26 bits per heavy atom. The number of hydrogen-bond donors (Lipinski definition) is 2. The number of aromatic nitrogens is 5. The molecular weight excluding hydrogens is 414 g/mol. The average molecular weight is 434 g/mol. The molecule has 0 saturated heterocycles. The van der Waals surface area contributed by atoms with E-state index < -0.39 is 0 Å². The molecule has 1 aromatic carbocycles. The van der Waals surface area contributed by atoms with E-state index in [1.165, 1.54) is 28.2 Å². The third-order valence-corrected chi connectivity index (χ3v) is 5.60. The molecule has 0 saturated carbocycles. The maximum atomic E-state index is 13.0. The Bertz CT molecular complexity index is 1360. The summed E-state index contributed by atoms with van der Waals surface area (Å²) in [6.07, 6.45) is 7.37. The number of anilines is 2. The van der Waals surface area contributed by atoms with Gasteiger partial charge in [-0.25, -0.2) is 14.3 Å². The highest BCUT2D eigenvalue weighted by Gasteiger charge is 2.19. The maximum absolute atomic E-state index is 13.0. The predicted octanol–water partition coefficient (Wildman–Crippen LogP) is 3.21. The van der Waals surface area contributed by atoms with Crippen molar-refractivity contribution in [2.75, 3.05) is 11.9 Å².